The Labute approximate surface area is 98.4 Å². The lowest BCUT2D eigenvalue weighted by Crippen LogP contribution is -2.29. The molecule has 1 heterocycles. The molecule has 1 aliphatic rings. The number of anilines is 1. The average Bonchev–Trinajstić information content (AvgIpc) is 2.29. The quantitative estimate of drug-likeness (QED) is 0.767. The van der Waals surface area contributed by atoms with Crippen LogP contribution in [0.2, 0.25) is 0 Å². The van der Waals surface area contributed by atoms with E-state index in [9.17, 15) is 4.79 Å². The molecule has 0 unspecified atom stereocenters. The first-order chi connectivity index (χ1) is 7.29. The molecule has 1 aliphatic heterocycles. The van der Waals surface area contributed by atoms with Crippen LogP contribution in [0.4, 0.5) is 5.69 Å². The molecular weight excluding hydrogens is 254 g/mol. The van der Waals surface area contributed by atoms with Crippen LogP contribution in [0.15, 0.2) is 22.7 Å². The van der Waals surface area contributed by atoms with Crippen molar-refractivity contribution in [1.82, 2.24) is 0 Å². The standard InChI is InChI=1S/C12H14BrNO/c13-11-6-10(9-15)7-12(8-11)14-4-2-1-3-5-14/h6-9H,1-5H2. The van der Waals surface area contributed by atoms with Crippen LogP contribution in [0, 0.1) is 0 Å². The molecule has 0 saturated carbocycles. The van der Waals surface area contributed by atoms with Crippen molar-refractivity contribution in [2.24, 2.45) is 0 Å². The van der Waals surface area contributed by atoms with Crippen molar-refractivity contribution in [3.05, 3.63) is 28.2 Å². The maximum absolute atomic E-state index is 10.8. The fourth-order valence-electron chi connectivity index (χ4n) is 2.00. The Kier molecular flexibility index (Phi) is 3.41. The molecule has 2 rings (SSSR count). The number of benzene rings is 1. The average molecular weight is 268 g/mol. The summed E-state index contributed by atoms with van der Waals surface area (Å²) in [5.41, 5.74) is 1.90. The maximum Gasteiger partial charge on any atom is 0.150 e. The highest BCUT2D eigenvalue weighted by molar-refractivity contribution is 9.10. The zero-order valence-corrected chi connectivity index (χ0v) is 10.2. The monoisotopic (exact) mass is 267 g/mol. The second-order valence-electron chi connectivity index (χ2n) is 3.91. The number of rotatable bonds is 2. The molecule has 1 fully saturated rings. The topological polar surface area (TPSA) is 20.3 Å². The van der Waals surface area contributed by atoms with Gasteiger partial charge in [0.1, 0.15) is 6.29 Å². The highest BCUT2D eigenvalue weighted by Crippen LogP contribution is 2.24. The Balaban J connectivity index is 2.25. The van der Waals surface area contributed by atoms with Crippen molar-refractivity contribution in [2.45, 2.75) is 19.3 Å². The van der Waals surface area contributed by atoms with Gasteiger partial charge in [-0.2, -0.15) is 0 Å². The summed E-state index contributed by atoms with van der Waals surface area (Å²) < 4.78 is 0.979. The number of halogens is 1. The number of piperidine rings is 1. The molecule has 15 heavy (non-hydrogen) atoms. The SMILES string of the molecule is O=Cc1cc(Br)cc(N2CCCCC2)c1. The van der Waals surface area contributed by atoms with E-state index < -0.39 is 0 Å². The molecule has 0 atom stereocenters. The van der Waals surface area contributed by atoms with Gasteiger partial charge in [0.2, 0.25) is 0 Å². The summed E-state index contributed by atoms with van der Waals surface area (Å²) in [6.45, 7) is 2.21. The van der Waals surface area contributed by atoms with Crippen molar-refractivity contribution >= 4 is 27.9 Å². The zero-order chi connectivity index (χ0) is 10.7. The molecule has 1 saturated heterocycles. The lowest BCUT2D eigenvalue weighted by Gasteiger charge is -2.29. The highest BCUT2D eigenvalue weighted by atomic mass is 79.9. The number of hydrogen-bond donors (Lipinski definition) is 0. The summed E-state index contributed by atoms with van der Waals surface area (Å²) in [7, 11) is 0. The normalized spacial score (nSPS) is 16.5. The minimum Gasteiger partial charge on any atom is -0.371 e. The van der Waals surface area contributed by atoms with Gasteiger partial charge in [-0.3, -0.25) is 4.79 Å². The molecule has 1 aromatic carbocycles. The number of carbonyl (C=O) groups excluding carboxylic acids is 1. The summed E-state index contributed by atoms with van der Waals surface area (Å²) in [6.07, 6.45) is 4.73. The Bertz CT molecular complexity index is 359. The first-order valence-corrected chi connectivity index (χ1v) is 6.09. The van der Waals surface area contributed by atoms with Crippen molar-refractivity contribution < 1.29 is 4.79 Å². The summed E-state index contributed by atoms with van der Waals surface area (Å²) >= 11 is 3.43. The number of aldehydes is 1. The highest BCUT2D eigenvalue weighted by Gasteiger charge is 2.11. The van der Waals surface area contributed by atoms with E-state index in [1.807, 2.05) is 12.1 Å². The third-order valence-electron chi connectivity index (χ3n) is 2.76. The van der Waals surface area contributed by atoms with E-state index in [1.54, 1.807) is 0 Å². The van der Waals surface area contributed by atoms with E-state index in [-0.39, 0.29) is 0 Å². The van der Waals surface area contributed by atoms with Gasteiger partial charge in [0.05, 0.1) is 0 Å². The van der Waals surface area contributed by atoms with Gasteiger partial charge in [0, 0.05) is 28.8 Å². The van der Waals surface area contributed by atoms with Crippen LogP contribution < -0.4 is 4.90 Å². The van der Waals surface area contributed by atoms with Gasteiger partial charge in [0.15, 0.2) is 0 Å². The molecule has 0 bridgehead atoms. The van der Waals surface area contributed by atoms with Crippen LogP contribution in [0.1, 0.15) is 29.6 Å². The molecule has 3 heteroatoms. The van der Waals surface area contributed by atoms with E-state index in [2.05, 4.69) is 26.9 Å². The molecule has 0 radical (unpaired) electrons. The second-order valence-corrected chi connectivity index (χ2v) is 4.82. The molecule has 0 aliphatic carbocycles. The molecule has 0 aromatic heterocycles. The number of hydrogen-bond acceptors (Lipinski definition) is 2. The zero-order valence-electron chi connectivity index (χ0n) is 8.58. The van der Waals surface area contributed by atoms with Crippen LogP contribution in [-0.2, 0) is 0 Å². The summed E-state index contributed by atoms with van der Waals surface area (Å²) in [5, 5.41) is 0. The lowest BCUT2D eigenvalue weighted by atomic mass is 10.1. The Hall–Kier alpha value is -0.830. The van der Waals surface area contributed by atoms with Gasteiger partial charge in [0.25, 0.3) is 0 Å². The molecule has 80 valence electrons. The number of carbonyl (C=O) groups is 1. The lowest BCUT2D eigenvalue weighted by molar-refractivity contribution is 0.112. The van der Waals surface area contributed by atoms with Crippen LogP contribution in [-0.4, -0.2) is 19.4 Å². The van der Waals surface area contributed by atoms with Crippen LogP contribution in [0.25, 0.3) is 0 Å². The van der Waals surface area contributed by atoms with Gasteiger partial charge in [-0.15, -0.1) is 0 Å². The largest absolute Gasteiger partial charge is 0.371 e. The van der Waals surface area contributed by atoms with Gasteiger partial charge < -0.3 is 4.90 Å². The van der Waals surface area contributed by atoms with E-state index in [4.69, 9.17) is 0 Å². The predicted octanol–water partition coefficient (Wildman–Crippen LogP) is 3.25. The summed E-state index contributed by atoms with van der Waals surface area (Å²) in [5.74, 6) is 0. The van der Waals surface area contributed by atoms with Crippen LogP contribution in [0.5, 0.6) is 0 Å². The Morgan fingerprint density at radius 2 is 1.87 bits per heavy atom. The third-order valence-corrected chi connectivity index (χ3v) is 3.22. The van der Waals surface area contributed by atoms with Gasteiger partial charge >= 0.3 is 0 Å². The molecule has 0 N–H and O–H groups in total. The summed E-state index contributed by atoms with van der Waals surface area (Å²) in [4.78, 5) is 13.1. The van der Waals surface area contributed by atoms with E-state index in [0.717, 1.165) is 35.1 Å². The van der Waals surface area contributed by atoms with Crippen LogP contribution >= 0.6 is 15.9 Å². The van der Waals surface area contributed by atoms with Gasteiger partial charge in [-0.1, -0.05) is 15.9 Å². The summed E-state index contributed by atoms with van der Waals surface area (Å²) in [6, 6.07) is 5.89. The first-order valence-electron chi connectivity index (χ1n) is 5.30. The maximum atomic E-state index is 10.8. The fraction of sp³-hybridized carbons (Fsp3) is 0.417. The van der Waals surface area contributed by atoms with Crippen molar-refractivity contribution in [3.63, 3.8) is 0 Å². The smallest absolute Gasteiger partial charge is 0.150 e. The molecule has 0 amide bonds. The third kappa shape index (κ3) is 2.59. The van der Waals surface area contributed by atoms with E-state index in [0.29, 0.717) is 0 Å². The van der Waals surface area contributed by atoms with Crippen molar-refractivity contribution in [3.8, 4) is 0 Å². The number of nitrogens with zero attached hydrogens (tertiary/aromatic N) is 1. The minimum absolute atomic E-state index is 0.741. The second kappa shape index (κ2) is 4.79. The molecule has 1 aromatic rings. The Morgan fingerprint density at radius 3 is 2.53 bits per heavy atom. The molecular formula is C12H14BrNO. The van der Waals surface area contributed by atoms with E-state index in [1.165, 1.54) is 19.3 Å². The van der Waals surface area contributed by atoms with Gasteiger partial charge in [-0.25, -0.2) is 0 Å². The van der Waals surface area contributed by atoms with Crippen LogP contribution in [0.3, 0.4) is 0 Å². The fourth-order valence-corrected chi connectivity index (χ4v) is 2.50. The van der Waals surface area contributed by atoms with Crippen molar-refractivity contribution in [1.29, 1.82) is 0 Å². The van der Waals surface area contributed by atoms with Gasteiger partial charge in [-0.05, 0) is 37.5 Å². The van der Waals surface area contributed by atoms with Crippen molar-refractivity contribution in [2.75, 3.05) is 18.0 Å². The predicted molar refractivity (Wildman–Crippen MR) is 65.6 cm³/mol. The molecule has 2 nitrogen and oxygen atoms in total. The first kappa shape index (κ1) is 10.7. The van der Waals surface area contributed by atoms with E-state index >= 15 is 0 Å². The minimum atomic E-state index is 0.741. The Morgan fingerprint density at radius 1 is 1.13 bits per heavy atom. The molecule has 0 spiro atoms.